The first-order valence-electron chi connectivity index (χ1n) is 41.7. The zero-order valence-corrected chi connectivity index (χ0v) is 67.5. The fourth-order valence-electron chi connectivity index (χ4n) is 18.4. The third-order valence-corrected chi connectivity index (χ3v) is 24.3. The smallest absolute Gasteiger partial charge is 0.200 e. The van der Waals surface area contributed by atoms with Crippen molar-refractivity contribution >= 4 is 121 Å². The molecule has 0 unspecified atom stereocenters. The fraction of sp³-hybridized carbons (Fsp3) is 0. The third-order valence-electron chi connectivity index (χ3n) is 24.3. The van der Waals surface area contributed by atoms with E-state index in [2.05, 4.69) is 345 Å². The first-order valence-corrected chi connectivity index (χ1v) is 41.7. The lowest BCUT2D eigenvalue weighted by molar-refractivity contribution is 0.381. The SMILES string of the molecule is Fc1c(F)c(F)c(-c2ccc(N(c3ccc(-c4ccc5c(c4)c4ccccc4n5-c4ccccc4)cc3)c3ccc4c5ccccc5n(-c5ccccc5)c4c3)cc2)c(F)c1F.Fc1ccc(-c2ccc(N(c3ccc(-c4ccc5c(c4)c4ccccc4n5-c4ccccc4)cc3)c3ccc(-c4ccc5c(c4)c4ccccc4n5-c4ccccc4)cc3)cc2)cc1. The maximum Gasteiger partial charge on any atom is 0.200 e. The molecule has 6 nitrogen and oxygen atoms in total. The molecule has 23 aromatic rings. The second-order valence-electron chi connectivity index (χ2n) is 31.5. The molecule has 4 aromatic heterocycles. The van der Waals surface area contributed by atoms with Gasteiger partial charge >= 0.3 is 0 Å². The lowest BCUT2D eigenvalue weighted by Gasteiger charge is -2.26. The van der Waals surface area contributed by atoms with Gasteiger partial charge in [-0.1, -0.05) is 243 Å². The van der Waals surface area contributed by atoms with Crippen LogP contribution < -0.4 is 9.80 Å². The summed E-state index contributed by atoms with van der Waals surface area (Å²) in [6, 6.07) is 149. The number of nitrogens with zero attached hydrogens (tertiary/aromatic N) is 6. The number of hydrogen-bond donors (Lipinski definition) is 0. The molecule has 0 aliphatic rings. The minimum absolute atomic E-state index is 0.152. The molecule has 12 heteroatoms. The fourth-order valence-corrected chi connectivity index (χ4v) is 18.4. The van der Waals surface area contributed by atoms with E-state index in [1.165, 1.54) is 79.0 Å². The zero-order chi connectivity index (χ0) is 84.6. The van der Waals surface area contributed by atoms with Gasteiger partial charge in [-0.15, -0.1) is 0 Å². The van der Waals surface area contributed by atoms with Crippen LogP contribution in [0.15, 0.2) is 437 Å². The Hall–Kier alpha value is -16.4. The Morgan fingerprint density at radius 2 is 0.373 bits per heavy atom. The second-order valence-corrected chi connectivity index (χ2v) is 31.5. The van der Waals surface area contributed by atoms with Crippen LogP contribution in [0, 0.1) is 34.9 Å². The molecule has 126 heavy (non-hydrogen) atoms. The van der Waals surface area contributed by atoms with Gasteiger partial charge in [-0.3, -0.25) is 0 Å². The van der Waals surface area contributed by atoms with Crippen molar-refractivity contribution in [2.24, 2.45) is 0 Å². The van der Waals surface area contributed by atoms with Gasteiger partial charge in [-0.2, -0.15) is 0 Å². The van der Waals surface area contributed by atoms with Crippen LogP contribution in [0.2, 0.25) is 0 Å². The van der Waals surface area contributed by atoms with Crippen LogP contribution in [0.5, 0.6) is 0 Å². The van der Waals surface area contributed by atoms with Crippen LogP contribution in [0.1, 0.15) is 0 Å². The highest BCUT2D eigenvalue weighted by Crippen LogP contribution is 2.46. The molecule has 0 saturated heterocycles. The normalized spacial score (nSPS) is 11.6. The molecular weight excluding hydrogens is 1570 g/mol. The number of benzene rings is 19. The number of hydrogen-bond acceptors (Lipinski definition) is 2. The molecule has 600 valence electrons. The van der Waals surface area contributed by atoms with Gasteiger partial charge in [0.2, 0.25) is 5.82 Å². The minimum atomic E-state index is -2.20. The molecule has 0 aliphatic heterocycles. The molecule has 0 atom stereocenters. The molecule has 19 aromatic carbocycles. The Bertz CT molecular complexity index is 7860. The van der Waals surface area contributed by atoms with Gasteiger partial charge in [0.1, 0.15) is 5.82 Å². The average molecular weight is 1640 g/mol. The maximum absolute atomic E-state index is 15.0. The van der Waals surface area contributed by atoms with Gasteiger partial charge in [0, 0.05) is 100.0 Å². The lowest BCUT2D eigenvalue weighted by atomic mass is 10.0. The Morgan fingerprint density at radius 1 is 0.151 bits per heavy atom. The van der Waals surface area contributed by atoms with E-state index >= 15 is 0 Å². The predicted molar refractivity (Wildman–Crippen MR) is 507 cm³/mol. The van der Waals surface area contributed by atoms with E-state index in [1.807, 2.05) is 83.8 Å². The van der Waals surface area contributed by atoms with Gasteiger partial charge in [0.25, 0.3) is 0 Å². The van der Waals surface area contributed by atoms with Crippen molar-refractivity contribution in [1.82, 2.24) is 18.3 Å². The number of anilines is 6. The van der Waals surface area contributed by atoms with Gasteiger partial charge in [-0.05, 0) is 244 Å². The quantitative estimate of drug-likeness (QED) is 0.0581. The predicted octanol–water partition coefficient (Wildman–Crippen LogP) is 31.9. The second kappa shape index (κ2) is 31.5. The summed E-state index contributed by atoms with van der Waals surface area (Å²) in [5.41, 5.74) is 26.1. The Kier molecular flexibility index (Phi) is 19.0. The highest BCUT2D eigenvalue weighted by molar-refractivity contribution is 6.14. The number of para-hydroxylation sites is 8. The van der Waals surface area contributed by atoms with E-state index in [-0.39, 0.29) is 11.4 Å². The van der Waals surface area contributed by atoms with Crippen molar-refractivity contribution in [1.29, 1.82) is 0 Å². The Labute approximate surface area is 721 Å². The monoisotopic (exact) mass is 1640 g/mol. The van der Waals surface area contributed by atoms with Crippen molar-refractivity contribution in [2.75, 3.05) is 9.80 Å². The van der Waals surface area contributed by atoms with Crippen LogP contribution in [0.3, 0.4) is 0 Å². The summed E-state index contributed by atoms with van der Waals surface area (Å²) in [7, 11) is 0. The van der Waals surface area contributed by atoms with Gasteiger partial charge in [-0.25, -0.2) is 26.3 Å². The first-order chi connectivity index (χ1) is 62.0. The van der Waals surface area contributed by atoms with Crippen molar-refractivity contribution in [3.8, 4) is 78.4 Å². The molecule has 0 saturated carbocycles. The summed E-state index contributed by atoms with van der Waals surface area (Å²) in [4.78, 5) is 4.31. The third kappa shape index (κ3) is 13.3. The Morgan fingerprint density at radius 3 is 0.698 bits per heavy atom. The van der Waals surface area contributed by atoms with Crippen LogP contribution in [0.25, 0.3) is 166 Å². The highest BCUT2D eigenvalue weighted by atomic mass is 19.2. The lowest BCUT2D eigenvalue weighted by Crippen LogP contribution is -2.10. The van der Waals surface area contributed by atoms with E-state index in [1.54, 1.807) is 12.1 Å². The number of fused-ring (bicyclic) bond motifs is 12. The van der Waals surface area contributed by atoms with Crippen LogP contribution in [-0.2, 0) is 0 Å². The van der Waals surface area contributed by atoms with Crippen molar-refractivity contribution in [2.45, 2.75) is 0 Å². The van der Waals surface area contributed by atoms with Gasteiger partial charge in [0.05, 0.1) is 49.7 Å². The molecule has 0 aliphatic carbocycles. The number of halogens is 6. The van der Waals surface area contributed by atoms with E-state index < -0.39 is 34.6 Å². The molecule has 0 amide bonds. The molecule has 4 heterocycles. The highest BCUT2D eigenvalue weighted by Gasteiger charge is 2.28. The Balaban J connectivity index is 0.000000149. The number of rotatable bonds is 15. The summed E-state index contributed by atoms with van der Waals surface area (Å²) in [6.07, 6.45) is 0. The average Bonchev–Trinajstić information content (AvgIpc) is 1.18. The van der Waals surface area contributed by atoms with Gasteiger partial charge < -0.3 is 28.1 Å². The molecule has 0 spiro atoms. The summed E-state index contributed by atoms with van der Waals surface area (Å²) in [6.45, 7) is 0. The van der Waals surface area contributed by atoms with Crippen molar-refractivity contribution in [3.05, 3.63) is 472 Å². The van der Waals surface area contributed by atoms with E-state index in [0.717, 1.165) is 128 Å². The van der Waals surface area contributed by atoms with Crippen LogP contribution in [0.4, 0.5) is 60.5 Å². The summed E-state index contributed by atoms with van der Waals surface area (Å²) in [5, 5.41) is 9.33. The summed E-state index contributed by atoms with van der Waals surface area (Å²) < 4.78 is 95.5. The molecule has 0 bridgehead atoms. The van der Waals surface area contributed by atoms with E-state index in [4.69, 9.17) is 0 Å². The van der Waals surface area contributed by atoms with Gasteiger partial charge in [0.15, 0.2) is 23.3 Å². The zero-order valence-electron chi connectivity index (χ0n) is 67.5. The molecule has 0 fully saturated rings. The van der Waals surface area contributed by atoms with Crippen molar-refractivity contribution in [3.63, 3.8) is 0 Å². The van der Waals surface area contributed by atoms with Crippen molar-refractivity contribution < 1.29 is 26.3 Å². The topological polar surface area (TPSA) is 26.2 Å². The molecule has 23 rings (SSSR count). The largest absolute Gasteiger partial charge is 0.311 e. The minimum Gasteiger partial charge on any atom is -0.311 e. The molecule has 0 radical (unpaired) electrons. The molecule has 0 N–H and O–H groups in total. The maximum atomic E-state index is 15.0. The van der Waals surface area contributed by atoms with Crippen LogP contribution in [-0.4, -0.2) is 18.3 Å². The van der Waals surface area contributed by atoms with E-state index in [0.29, 0.717) is 5.69 Å². The number of aromatic nitrogens is 4. The van der Waals surface area contributed by atoms with Crippen LogP contribution >= 0.6 is 0 Å². The van der Waals surface area contributed by atoms with E-state index in [9.17, 15) is 26.3 Å². The first kappa shape index (κ1) is 75.7. The standard InChI is InChI=1S/C60H40FN3.C54H32F5N3/c61-47-29-19-41(20-30-47)42-21-31-50(32-22-42)62(51-33-23-43(24-34-51)45-27-37-59-55(39-45)53-15-7-9-17-57(53)63(59)48-11-3-1-4-12-48)52-35-25-44(26-36-52)46-28-38-60-56(40-46)54-16-8-10-18-58(54)64(60)49-13-5-2-6-14-49;55-50-49(51(56)53(58)54(59)52(50)57)34-21-26-39(27-22-34)60(40-28-29-43-41-15-7-9-17-45(41)62(48(43)32-40)37-13-5-2-6-14-37)38-24-19-33(20-25-38)35-23-30-47-44(31-35)42-16-8-10-18-46(42)61(47)36-11-3-1-4-12-36/h1-40H;1-32H. The summed E-state index contributed by atoms with van der Waals surface area (Å²) >= 11 is 0. The molecular formula is C114H72F6N6. The summed E-state index contributed by atoms with van der Waals surface area (Å²) in [5.74, 6) is -10.2.